The van der Waals surface area contributed by atoms with Crippen LogP contribution in [0.1, 0.15) is 39.0 Å². The lowest BCUT2D eigenvalue weighted by molar-refractivity contribution is 0.279. The van der Waals surface area contributed by atoms with Crippen LogP contribution in [-0.4, -0.2) is 58.1 Å². The number of nitrogens with one attached hydrogen (secondary N) is 1. The van der Waals surface area contributed by atoms with Crippen LogP contribution in [0.4, 0.5) is 0 Å². The summed E-state index contributed by atoms with van der Waals surface area (Å²) in [4.78, 5) is 2.52. The maximum absolute atomic E-state index is 11.0. The summed E-state index contributed by atoms with van der Waals surface area (Å²) in [6, 6.07) is 0. The fraction of sp³-hybridized carbons (Fsp3) is 1.00. The molecule has 0 amide bonds. The molecule has 0 spiro atoms. The lowest BCUT2D eigenvalue weighted by Crippen LogP contribution is -2.34. The topological polar surface area (TPSA) is 49.4 Å². The van der Waals surface area contributed by atoms with Crippen molar-refractivity contribution in [1.82, 2.24) is 10.2 Å². The monoisotopic (exact) mass is 290 g/mol. The minimum absolute atomic E-state index is 0.242. The van der Waals surface area contributed by atoms with Gasteiger partial charge in [-0.05, 0) is 38.3 Å². The Labute approximate surface area is 118 Å². The average molecular weight is 290 g/mol. The van der Waals surface area contributed by atoms with Crippen molar-refractivity contribution in [2.24, 2.45) is 5.92 Å². The molecule has 0 aromatic rings. The van der Waals surface area contributed by atoms with Gasteiger partial charge in [0.15, 0.2) is 0 Å². The molecule has 0 aliphatic carbocycles. The smallest absolute Gasteiger partial charge is 0.148 e. The van der Waals surface area contributed by atoms with Gasteiger partial charge in [-0.2, -0.15) is 0 Å². The molecule has 0 aromatic heterocycles. The molecule has 1 unspecified atom stereocenters. The first-order valence-electron chi connectivity index (χ1n) is 7.62. The van der Waals surface area contributed by atoms with Crippen LogP contribution < -0.4 is 5.32 Å². The zero-order chi connectivity index (χ0) is 14.1. The number of nitrogens with zero attached hydrogens (tertiary/aromatic N) is 1. The van der Waals surface area contributed by atoms with Crippen molar-refractivity contribution in [3.8, 4) is 0 Å². The van der Waals surface area contributed by atoms with Crippen LogP contribution in [-0.2, 0) is 9.84 Å². The van der Waals surface area contributed by atoms with E-state index < -0.39 is 9.84 Å². The first kappa shape index (κ1) is 16.9. The van der Waals surface area contributed by atoms with E-state index in [4.69, 9.17) is 0 Å². The summed E-state index contributed by atoms with van der Waals surface area (Å²) in [6.45, 7) is 7.20. The van der Waals surface area contributed by atoms with Crippen molar-refractivity contribution in [3.63, 3.8) is 0 Å². The second-order valence-electron chi connectivity index (χ2n) is 5.81. The Bertz CT molecular complexity index is 330. The largest absolute Gasteiger partial charge is 0.314 e. The van der Waals surface area contributed by atoms with Crippen molar-refractivity contribution < 1.29 is 8.42 Å². The molecular formula is C14H30N2O2S. The van der Waals surface area contributed by atoms with E-state index in [0.717, 1.165) is 19.0 Å². The standard InChI is InChI=1S/C14H30N2O2S/c1-3-5-14-6-4-10-16(11-7-14)12-8-15-9-13-19(2,17)18/h14-15H,3-13H2,1-2H3. The van der Waals surface area contributed by atoms with Gasteiger partial charge in [0.25, 0.3) is 0 Å². The maximum Gasteiger partial charge on any atom is 0.148 e. The second kappa shape index (κ2) is 8.93. The Morgan fingerprint density at radius 2 is 2.00 bits per heavy atom. The first-order valence-corrected chi connectivity index (χ1v) is 9.68. The van der Waals surface area contributed by atoms with E-state index in [-0.39, 0.29) is 5.75 Å². The second-order valence-corrected chi connectivity index (χ2v) is 8.07. The van der Waals surface area contributed by atoms with E-state index in [1.165, 1.54) is 51.4 Å². The molecule has 1 heterocycles. The Morgan fingerprint density at radius 3 is 2.68 bits per heavy atom. The maximum atomic E-state index is 11.0. The Balaban J connectivity index is 2.09. The van der Waals surface area contributed by atoms with Gasteiger partial charge in [-0.15, -0.1) is 0 Å². The summed E-state index contributed by atoms with van der Waals surface area (Å²) in [7, 11) is -2.83. The van der Waals surface area contributed by atoms with Crippen molar-refractivity contribution in [2.45, 2.75) is 39.0 Å². The van der Waals surface area contributed by atoms with Crippen molar-refractivity contribution in [1.29, 1.82) is 0 Å². The third kappa shape index (κ3) is 8.60. The predicted molar refractivity (Wildman–Crippen MR) is 81.3 cm³/mol. The molecule has 1 rings (SSSR count). The number of sulfone groups is 1. The highest BCUT2D eigenvalue weighted by atomic mass is 32.2. The normalized spacial score (nSPS) is 22.3. The molecule has 1 N–H and O–H groups in total. The van der Waals surface area contributed by atoms with E-state index in [9.17, 15) is 8.42 Å². The van der Waals surface area contributed by atoms with Gasteiger partial charge in [0.2, 0.25) is 0 Å². The van der Waals surface area contributed by atoms with Crippen LogP contribution in [0.5, 0.6) is 0 Å². The molecule has 0 saturated carbocycles. The van der Waals surface area contributed by atoms with Gasteiger partial charge in [-0.1, -0.05) is 19.8 Å². The van der Waals surface area contributed by atoms with Gasteiger partial charge in [0.05, 0.1) is 5.75 Å². The zero-order valence-electron chi connectivity index (χ0n) is 12.5. The average Bonchev–Trinajstić information content (AvgIpc) is 2.54. The van der Waals surface area contributed by atoms with Crippen molar-refractivity contribution in [2.75, 3.05) is 44.7 Å². The molecule has 0 bridgehead atoms. The highest BCUT2D eigenvalue weighted by Gasteiger charge is 2.15. The quantitative estimate of drug-likeness (QED) is 0.689. The molecule has 1 fully saturated rings. The van der Waals surface area contributed by atoms with Gasteiger partial charge in [-0.25, -0.2) is 8.42 Å². The molecule has 1 aliphatic rings. The van der Waals surface area contributed by atoms with E-state index >= 15 is 0 Å². The molecule has 1 saturated heterocycles. The fourth-order valence-electron chi connectivity index (χ4n) is 2.77. The Morgan fingerprint density at radius 1 is 1.21 bits per heavy atom. The Kier molecular flexibility index (Phi) is 7.95. The highest BCUT2D eigenvalue weighted by molar-refractivity contribution is 7.90. The summed E-state index contributed by atoms with van der Waals surface area (Å²) in [5.41, 5.74) is 0. The number of hydrogen-bond acceptors (Lipinski definition) is 4. The van der Waals surface area contributed by atoms with Crippen LogP contribution in [0.3, 0.4) is 0 Å². The minimum atomic E-state index is -2.83. The number of rotatable bonds is 8. The summed E-state index contributed by atoms with van der Waals surface area (Å²) in [5, 5.41) is 3.23. The summed E-state index contributed by atoms with van der Waals surface area (Å²) >= 11 is 0. The number of likely N-dealkylation sites (tertiary alicyclic amines) is 1. The van der Waals surface area contributed by atoms with Gasteiger partial charge < -0.3 is 10.2 Å². The van der Waals surface area contributed by atoms with Gasteiger partial charge in [-0.3, -0.25) is 0 Å². The minimum Gasteiger partial charge on any atom is -0.314 e. The lowest BCUT2D eigenvalue weighted by atomic mass is 9.96. The van der Waals surface area contributed by atoms with Gasteiger partial charge in [0.1, 0.15) is 9.84 Å². The van der Waals surface area contributed by atoms with E-state index in [1.807, 2.05) is 0 Å². The van der Waals surface area contributed by atoms with Crippen molar-refractivity contribution in [3.05, 3.63) is 0 Å². The molecule has 0 radical (unpaired) electrons. The van der Waals surface area contributed by atoms with Crippen LogP contribution in [0, 0.1) is 5.92 Å². The van der Waals surface area contributed by atoms with E-state index in [2.05, 4.69) is 17.1 Å². The fourth-order valence-corrected chi connectivity index (χ4v) is 3.28. The Hall–Kier alpha value is -0.130. The highest BCUT2D eigenvalue weighted by Crippen LogP contribution is 2.21. The molecular weight excluding hydrogens is 260 g/mol. The number of hydrogen-bond donors (Lipinski definition) is 1. The third-order valence-electron chi connectivity index (χ3n) is 3.89. The lowest BCUT2D eigenvalue weighted by Gasteiger charge is -2.20. The van der Waals surface area contributed by atoms with Crippen LogP contribution in [0.2, 0.25) is 0 Å². The van der Waals surface area contributed by atoms with Crippen molar-refractivity contribution >= 4 is 9.84 Å². The molecule has 0 aromatic carbocycles. The molecule has 5 heteroatoms. The van der Waals surface area contributed by atoms with Gasteiger partial charge >= 0.3 is 0 Å². The SMILES string of the molecule is CCCC1CCCN(CCNCCS(C)(=O)=O)CC1. The van der Waals surface area contributed by atoms with E-state index in [0.29, 0.717) is 6.54 Å². The molecule has 114 valence electrons. The van der Waals surface area contributed by atoms with E-state index in [1.54, 1.807) is 0 Å². The molecule has 1 aliphatic heterocycles. The summed E-state index contributed by atoms with van der Waals surface area (Å²) in [5.74, 6) is 1.17. The predicted octanol–water partition coefficient (Wildman–Crippen LogP) is 1.52. The molecule has 4 nitrogen and oxygen atoms in total. The molecule has 1 atom stereocenters. The van der Waals surface area contributed by atoms with Crippen LogP contribution in [0.25, 0.3) is 0 Å². The van der Waals surface area contributed by atoms with Crippen LogP contribution >= 0.6 is 0 Å². The molecule has 19 heavy (non-hydrogen) atoms. The first-order chi connectivity index (χ1) is 9.01. The zero-order valence-corrected chi connectivity index (χ0v) is 13.3. The van der Waals surface area contributed by atoms with Crippen LogP contribution in [0.15, 0.2) is 0 Å². The van der Waals surface area contributed by atoms with Gasteiger partial charge in [0, 0.05) is 25.9 Å². The summed E-state index contributed by atoms with van der Waals surface area (Å²) in [6.07, 6.45) is 7.99. The third-order valence-corrected chi connectivity index (χ3v) is 4.84. The summed E-state index contributed by atoms with van der Waals surface area (Å²) < 4.78 is 22.0.